The minimum atomic E-state index is -0.560. The van der Waals surface area contributed by atoms with Crippen LogP contribution in [0.1, 0.15) is 66.4 Å². The molecule has 0 amide bonds. The number of para-hydroxylation sites is 5. The second-order valence-corrected chi connectivity index (χ2v) is 22.6. The lowest BCUT2D eigenvalue weighted by molar-refractivity contribution is 0.472. The van der Waals surface area contributed by atoms with Crippen LogP contribution in [0.25, 0.3) is 77.4 Å². The maximum Gasteiger partial charge on any atom is 0.141 e. The van der Waals surface area contributed by atoms with Gasteiger partial charge in [-0.1, -0.05) is 181 Å². The number of fused-ring (bicyclic) bond motifs is 7. The molecule has 3 aromatic heterocycles. The monoisotopic (exact) mass is 1060 g/mol. The molecule has 0 spiro atoms. The molecule has 0 radical (unpaired) electrons. The highest BCUT2D eigenvalue weighted by Gasteiger charge is 2.32. The van der Waals surface area contributed by atoms with Crippen LogP contribution in [0.3, 0.4) is 0 Å². The summed E-state index contributed by atoms with van der Waals surface area (Å²) in [5.74, 6) is 3.08. The third-order valence-corrected chi connectivity index (χ3v) is 15.3. The van der Waals surface area contributed by atoms with E-state index in [-0.39, 0.29) is 45.4 Å². The zero-order chi connectivity index (χ0) is 63.7. The molecule has 4 heterocycles. The van der Waals surface area contributed by atoms with E-state index in [1.165, 1.54) is 21.9 Å². The summed E-state index contributed by atoms with van der Waals surface area (Å²) < 4.78 is 106. The van der Waals surface area contributed by atoms with Crippen LogP contribution in [0, 0.1) is 0 Å². The lowest BCUT2D eigenvalue weighted by Gasteiger charge is -2.27. The molecular weight excluding hydrogens is 991 g/mol. The molecule has 0 saturated carbocycles. The Balaban J connectivity index is 0.883. The Labute approximate surface area is 487 Å². The highest BCUT2D eigenvalue weighted by molar-refractivity contribution is 6.12. The molecule has 13 aromatic rings. The first-order chi connectivity index (χ1) is 43.5. The molecule has 1 aliphatic heterocycles. The smallest absolute Gasteiger partial charge is 0.141 e. The van der Waals surface area contributed by atoms with E-state index < -0.39 is 60.4 Å². The number of pyridine rings is 1. The first kappa shape index (κ1) is 39.5. The quantitative estimate of drug-likeness (QED) is 0.137. The molecule has 0 aliphatic carbocycles. The third kappa shape index (κ3) is 8.92. The number of aromatic nitrogens is 3. The van der Waals surface area contributed by atoms with Crippen molar-refractivity contribution in [3.63, 3.8) is 0 Å². The molecule has 7 nitrogen and oxygen atoms in total. The Morgan fingerprint density at radius 3 is 1.62 bits per heavy atom. The van der Waals surface area contributed by atoms with Gasteiger partial charge in [-0.25, -0.2) is 4.98 Å². The minimum Gasteiger partial charge on any atom is -0.457 e. The summed E-state index contributed by atoms with van der Waals surface area (Å²) in [6.07, 6.45) is 1.78. The van der Waals surface area contributed by atoms with E-state index in [1.807, 2.05) is 82.6 Å². The Hall–Kier alpha value is -9.85. The normalized spacial score (nSPS) is 14.4. The van der Waals surface area contributed by atoms with E-state index in [4.69, 9.17) is 28.2 Å². The highest BCUT2D eigenvalue weighted by Crippen LogP contribution is 2.51. The molecule has 394 valence electrons. The van der Waals surface area contributed by atoms with Crippen molar-refractivity contribution in [3.8, 4) is 56.8 Å². The number of hydrogen-bond donors (Lipinski definition) is 0. The van der Waals surface area contributed by atoms with Crippen LogP contribution in [0.15, 0.2) is 249 Å². The van der Waals surface area contributed by atoms with Crippen molar-refractivity contribution in [2.45, 2.75) is 52.4 Å². The average molecular weight is 1060 g/mol. The summed E-state index contributed by atoms with van der Waals surface area (Å²) in [6, 6.07) is 55.1. The zero-order valence-corrected chi connectivity index (χ0v) is 45.7. The maximum absolute atomic E-state index is 9.15. The molecule has 10 aromatic carbocycles. The highest BCUT2D eigenvalue weighted by atomic mass is 16.5. The van der Waals surface area contributed by atoms with Gasteiger partial charge in [0.25, 0.3) is 0 Å². The summed E-state index contributed by atoms with van der Waals surface area (Å²) in [5, 5.41) is 4.31. The van der Waals surface area contributed by atoms with Crippen molar-refractivity contribution in [2.75, 3.05) is 16.5 Å². The predicted octanol–water partition coefficient (Wildman–Crippen LogP) is 20.0. The summed E-state index contributed by atoms with van der Waals surface area (Å²) >= 11 is 0. The Morgan fingerprint density at radius 2 is 0.963 bits per heavy atom. The number of ether oxygens (including phenoxy) is 2. The van der Waals surface area contributed by atoms with E-state index in [1.54, 1.807) is 24.4 Å². The summed E-state index contributed by atoms with van der Waals surface area (Å²) in [5.41, 5.74) is 9.69. The fourth-order valence-electron chi connectivity index (χ4n) is 11.4. The van der Waals surface area contributed by atoms with E-state index in [9.17, 15) is 0 Å². The van der Waals surface area contributed by atoms with Gasteiger partial charge in [-0.2, -0.15) is 0 Å². The van der Waals surface area contributed by atoms with E-state index in [0.717, 1.165) is 50.0 Å². The first-order valence-corrected chi connectivity index (χ1v) is 27.1. The van der Waals surface area contributed by atoms with Gasteiger partial charge in [0, 0.05) is 68.4 Å². The zero-order valence-electron chi connectivity index (χ0n) is 55.7. The topological polar surface area (TPSA) is 47.7 Å². The largest absolute Gasteiger partial charge is 0.457 e. The Kier molecular flexibility index (Phi) is 9.51. The molecule has 0 atom stereocenters. The second kappa shape index (κ2) is 19.5. The third-order valence-electron chi connectivity index (χ3n) is 15.3. The van der Waals surface area contributed by atoms with Gasteiger partial charge in [0.15, 0.2) is 0 Å². The number of anilines is 4. The Bertz CT molecular complexity index is 4950. The predicted molar refractivity (Wildman–Crippen MR) is 336 cm³/mol. The SMILES string of the molecule is [2H]c1c([2H])c([2H])c(-c2cccc(-c3c([2H])c([2H])c([2H])c([2H])c3[2H])c2N2CN(c3cccc(Oc4ccc5c6cc(-n7c8ccccc8c8ccccc87)ccc6n(-c6cc(Oc7cc(C(C)(C)C)cc(C(C)(C)C)c7)ccn6)c5c4)c3)c3ccccc32)c([2H])c1[2H]. The molecule has 0 unspecified atom stereocenters. The van der Waals surface area contributed by atoms with Crippen molar-refractivity contribution in [1.82, 2.24) is 14.1 Å². The molecule has 0 N–H and O–H groups in total. The van der Waals surface area contributed by atoms with Crippen molar-refractivity contribution >= 4 is 66.4 Å². The molecule has 0 fully saturated rings. The van der Waals surface area contributed by atoms with Crippen molar-refractivity contribution in [1.29, 1.82) is 0 Å². The number of rotatable bonds is 10. The van der Waals surface area contributed by atoms with Gasteiger partial charge in [-0.3, -0.25) is 4.57 Å². The van der Waals surface area contributed by atoms with Crippen molar-refractivity contribution in [3.05, 3.63) is 260 Å². The number of benzene rings is 10. The second-order valence-electron chi connectivity index (χ2n) is 22.6. The van der Waals surface area contributed by atoms with Crippen LogP contribution in [0.2, 0.25) is 0 Å². The van der Waals surface area contributed by atoms with Crippen LogP contribution < -0.4 is 19.3 Å². The first-order valence-electron chi connectivity index (χ1n) is 32.1. The van der Waals surface area contributed by atoms with Gasteiger partial charge in [0.2, 0.25) is 0 Å². The summed E-state index contributed by atoms with van der Waals surface area (Å²) in [7, 11) is 0. The molecule has 7 heteroatoms. The average Bonchev–Trinajstić information content (AvgIpc) is 1.69. The van der Waals surface area contributed by atoms with Crippen LogP contribution in [-0.4, -0.2) is 20.8 Å². The minimum absolute atomic E-state index is 0.0857. The number of nitrogens with zero attached hydrogens (tertiary/aromatic N) is 5. The summed E-state index contributed by atoms with van der Waals surface area (Å²) in [4.78, 5) is 8.98. The van der Waals surface area contributed by atoms with Gasteiger partial charge in [0.05, 0.1) is 52.8 Å². The van der Waals surface area contributed by atoms with E-state index in [0.29, 0.717) is 34.4 Å². The maximum atomic E-state index is 9.15. The van der Waals surface area contributed by atoms with Crippen molar-refractivity contribution < 1.29 is 23.2 Å². The molecular formula is C74H61N5O2. The standard InChI is InChI=1S/C74H61N5O2/c1-73(2,3)51-41-52(74(4,5)6)43-58(42-51)81-57-39-40-75-71(47-57)79-67-38-35-54(78-65-31-15-13-27-61(65)62-28-14-16-32-66(62)78)45-64(67)63-37-36-56(46-70(63)79)80-55-26-19-25-53(44-55)76-48-77(69-34-18-17-33-68(69)76)72-59(49-21-9-7-10-22-49)29-20-30-60(72)50-23-11-8-12-24-50/h7-47H,48H2,1-6H3/i7D,8D,9D,10D,11D,12D,21D,22D,23D,24D. The Morgan fingerprint density at radius 1 is 0.407 bits per heavy atom. The lowest BCUT2D eigenvalue weighted by Crippen LogP contribution is -2.24. The molecule has 0 bridgehead atoms. The van der Waals surface area contributed by atoms with E-state index in [2.05, 4.69) is 142 Å². The molecule has 0 saturated heterocycles. The van der Waals surface area contributed by atoms with Gasteiger partial charge in [0.1, 0.15) is 35.5 Å². The van der Waals surface area contributed by atoms with Crippen LogP contribution in [0.4, 0.5) is 22.7 Å². The van der Waals surface area contributed by atoms with Crippen LogP contribution in [-0.2, 0) is 10.8 Å². The lowest BCUT2D eigenvalue weighted by atomic mass is 9.80. The van der Waals surface area contributed by atoms with Crippen LogP contribution >= 0.6 is 0 Å². The van der Waals surface area contributed by atoms with Crippen LogP contribution in [0.5, 0.6) is 23.0 Å². The molecule has 14 rings (SSSR count). The fraction of sp³-hybridized carbons (Fsp3) is 0.122. The van der Waals surface area contributed by atoms with Gasteiger partial charge in [-0.15, -0.1) is 0 Å². The number of hydrogen-bond acceptors (Lipinski definition) is 5. The molecule has 1 aliphatic rings. The van der Waals surface area contributed by atoms with Gasteiger partial charge < -0.3 is 23.8 Å². The molecule has 81 heavy (non-hydrogen) atoms. The van der Waals surface area contributed by atoms with Crippen molar-refractivity contribution in [2.24, 2.45) is 0 Å². The van der Waals surface area contributed by atoms with E-state index >= 15 is 0 Å². The van der Waals surface area contributed by atoms with Gasteiger partial charge in [-0.05, 0) is 118 Å². The summed E-state index contributed by atoms with van der Waals surface area (Å²) in [6.45, 7) is 13.4. The fourth-order valence-corrected chi connectivity index (χ4v) is 11.4. The van der Waals surface area contributed by atoms with Gasteiger partial charge >= 0.3 is 0 Å².